The summed E-state index contributed by atoms with van der Waals surface area (Å²) in [4.78, 5) is 27.0. The summed E-state index contributed by atoms with van der Waals surface area (Å²) in [6.45, 7) is 15.0. The number of benzene rings is 2. The number of Topliss-reactive ketones (excluding diaryl/α,β-unsaturated/α-hetero) is 2. The van der Waals surface area contributed by atoms with Gasteiger partial charge in [0.25, 0.3) is 0 Å². The molecule has 0 radical (unpaired) electrons. The molecule has 0 bridgehead atoms. The molecule has 5 heteroatoms. The van der Waals surface area contributed by atoms with Crippen molar-refractivity contribution < 1.29 is 18.8 Å². The molecule has 4 nitrogen and oxygen atoms in total. The van der Waals surface area contributed by atoms with Gasteiger partial charge in [0.15, 0.2) is 0 Å². The fourth-order valence-corrected chi connectivity index (χ4v) is 4.63. The van der Waals surface area contributed by atoms with Gasteiger partial charge < -0.3 is 9.16 Å². The Hall–Kier alpha value is -2.24. The summed E-state index contributed by atoms with van der Waals surface area (Å²) in [5.41, 5.74) is 0.669. The van der Waals surface area contributed by atoms with Crippen LogP contribution in [0.25, 0.3) is 0 Å². The number of carbonyl (C=O) groups is 2. The van der Waals surface area contributed by atoms with E-state index in [9.17, 15) is 9.59 Å². The molecule has 30 heavy (non-hydrogen) atoms. The number of fused-ring (bicyclic) bond motifs is 1. The second kappa shape index (κ2) is 7.47. The van der Waals surface area contributed by atoms with Gasteiger partial charge in [-0.2, -0.15) is 0 Å². The molecule has 3 rings (SSSR count). The van der Waals surface area contributed by atoms with Crippen LogP contribution in [0, 0.1) is 0 Å². The van der Waals surface area contributed by atoms with Crippen molar-refractivity contribution in [1.29, 1.82) is 0 Å². The monoisotopic (exact) mass is 424 g/mol. The maximum absolute atomic E-state index is 13.5. The van der Waals surface area contributed by atoms with Crippen LogP contribution in [0.15, 0.2) is 42.5 Å². The topological polar surface area (TPSA) is 52.6 Å². The Kier molecular flexibility index (Phi) is 5.59. The lowest BCUT2D eigenvalue weighted by atomic mass is 9.86. The molecular formula is C25H32O4Si. The smallest absolute Gasteiger partial charge is 0.250 e. The van der Waals surface area contributed by atoms with Crippen molar-refractivity contribution in [2.45, 2.75) is 64.3 Å². The number of ether oxygens (including phenoxy) is 1. The largest absolute Gasteiger partial charge is 0.543 e. The van der Waals surface area contributed by atoms with E-state index >= 15 is 0 Å². The highest BCUT2D eigenvalue weighted by Crippen LogP contribution is 2.46. The Morgan fingerprint density at radius 1 is 0.933 bits per heavy atom. The second-order valence-electron chi connectivity index (χ2n) is 9.86. The van der Waals surface area contributed by atoms with E-state index in [0.29, 0.717) is 22.4 Å². The van der Waals surface area contributed by atoms with Gasteiger partial charge in [0.05, 0.1) is 0 Å². The van der Waals surface area contributed by atoms with E-state index < -0.39 is 13.9 Å². The second-order valence-corrected chi connectivity index (χ2v) is 14.6. The zero-order valence-corrected chi connectivity index (χ0v) is 20.3. The van der Waals surface area contributed by atoms with Gasteiger partial charge in [0, 0.05) is 23.8 Å². The molecule has 1 aliphatic rings. The quantitative estimate of drug-likeness (QED) is 0.429. The Balaban J connectivity index is 2.25. The Morgan fingerprint density at radius 3 is 1.90 bits per heavy atom. The zero-order valence-electron chi connectivity index (χ0n) is 19.3. The van der Waals surface area contributed by atoms with Crippen molar-refractivity contribution in [3.63, 3.8) is 0 Å². The number of hydrogen-bond donors (Lipinski definition) is 0. The van der Waals surface area contributed by atoms with Crippen LogP contribution in [0.5, 0.6) is 5.75 Å². The molecule has 0 aliphatic heterocycles. The lowest BCUT2D eigenvalue weighted by Gasteiger charge is -2.38. The van der Waals surface area contributed by atoms with Crippen molar-refractivity contribution in [2.24, 2.45) is 0 Å². The molecule has 0 saturated carbocycles. The minimum atomic E-state index is -2.23. The van der Waals surface area contributed by atoms with E-state index in [4.69, 9.17) is 9.16 Å². The normalized spacial score (nSPS) is 16.2. The zero-order chi connectivity index (χ0) is 22.5. The maximum Gasteiger partial charge on any atom is 0.250 e. The highest BCUT2D eigenvalue weighted by molar-refractivity contribution is 6.74. The first kappa shape index (κ1) is 22.4. The summed E-state index contributed by atoms with van der Waals surface area (Å²) in [7, 11) is -0.809. The van der Waals surface area contributed by atoms with E-state index in [-0.39, 0.29) is 22.5 Å². The third-order valence-corrected chi connectivity index (χ3v) is 10.9. The van der Waals surface area contributed by atoms with Crippen LogP contribution >= 0.6 is 0 Å². The molecule has 0 saturated heterocycles. The van der Waals surface area contributed by atoms with Crippen LogP contribution in [-0.2, 0) is 10.3 Å². The number of ketones is 2. The number of rotatable bonds is 5. The highest BCUT2D eigenvalue weighted by Gasteiger charge is 2.56. The average molecular weight is 425 g/mol. The molecule has 0 atom stereocenters. The molecule has 0 spiro atoms. The predicted molar refractivity (Wildman–Crippen MR) is 122 cm³/mol. The maximum atomic E-state index is 13.5. The SMILES string of the molecule is COC1(c2ccc(C(C)C)cc2O[Si](C)(C)C(C)(C)C)C(=O)c2ccccc2C1=O. The molecule has 160 valence electrons. The minimum Gasteiger partial charge on any atom is -0.543 e. The fraction of sp³-hybridized carbons (Fsp3) is 0.440. The van der Waals surface area contributed by atoms with Gasteiger partial charge in [-0.15, -0.1) is 0 Å². The van der Waals surface area contributed by atoms with Crippen LogP contribution in [0.3, 0.4) is 0 Å². The number of methoxy groups -OCH3 is 1. The molecule has 0 unspecified atom stereocenters. The standard InChI is InChI=1S/C25H32O4Si/c1-16(2)17-13-14-20(21(15-17)29-30(7,8)24(3,4)5)25(28-6)22(26)18-11-9-10-12-19(18)23(25)27/h9-16H,1-8H3. The van der Waals surface area contributed by atoms with Crippen molar-refractivity contribution in [3.8, 4) is 5.75 Å². The molecule has 2 aromatic carbocycles. The lowest BCUT2D eigenvalue weighted by molar-refractivity contribution is 0.00946. The highest BCUT2D eigenvalue weighted by atomic mass is 28.4. The van der Waals surface area contributed by atoms with Crippen LogP contribution in [-0.4, -0.2) is 27.0 Å². The lowest BCUT2D eigenvalue weighted by Crippen LogP contribution is -2.46. The van der Waals surface area contributed by atoms with Gasteiger partial charge in [-0.1, -0.05) is 71.0 Å². The first-order valence-corrected chi connectivity index (χ1v) is 13.3. The van der Waals surface area contributed by atoms with Crippen LogP contribution in [0.4, 0.5) is 0 Å². The molecule has 0 aromatic heterocycles. The first-order chi connectivity index (χ1) is 13.9. The summed E-state index contributed by atoms with van der Waals surface area (Å²) in [5, 5.41) is -0.0367. The summed E-state index contributed by atoms with van der Waals surface area (Å²) in [6, 6.07) is 12.7. The Bertz CT molecular complexity index is 963. The van der Waals surface area contributed by atoms with Crippen molar-refractivity contribution in [2.75, 3.05) is 7.11 Å². The van der Waals surface area contributed by atoms with E-state index in [1.54, 1.807) is 24.3 Å². The molecule has 0 heterocycles. The average Bonchev–Trinajstić information content (AvgIpc) is 2.89. The van der Waals surface area contributed by atoms with E-state index in [2.05, 4.69) is 47.7 Å². The van der Waals surface area contributed by atoms with Gasteiger partial charge in [-0.3, -0.25) is 9.59 Å². The first-order valence-electron chi connectivity index (χ1n) is 10.4. The predicted octanol–water partition coefficient (Wildman–Crippen LogP) is 6.11. The van der Waals surface area contributed by atoms with Crippen molar-refractivity contribution >= 4 is 19.9 Å². The van der Waals surface area contributed by atoms with Gasteiger partial charge >= 0.3 is 0 Å². The molecule has 1 aliphatic carbocycles. The Morgan fingerprint density at radius 2 is 1.47 bits per heavy atom. The minimum absolute atomic E-state index is 0.0367. The van der Waals surface area contributed by atoms with Crippen LogP contribution in [0.2, 0.25) is 18.1 Å². The fourth-order valence-electron chi connectivity index (χ4n) is 3.60. The van der Waals surface area contributed by atoms with Crippen molar-refractivity contribution in [1.82, 2.24) is 0 Å². The Labute approximate surface area is 180 Å². The summed E-state index contributed by atoms with van der Waals surface area (Å²) >= 11 is 0. The number of carbonyl (C=O) groups excluding carboxylic acids is 2. The van der Waals surface area contributed by atoms with Gasteiger partial charge in [-0.05, 0) is 35.7 Å². The number of hydrogen-bond acceptors (Lipinski definition) is 4. The summed E-state index contributed by atoms with van der Waals surface area (Å²) < 4.78 is 12.4. The molecule has 0 fully saturated rings. The molecule has 2 aromatic rings. The van der Waals surface area contributed by atoms with Crippen molar-refractivity contribution in [3.05, 3.63) is 64.7 Å². The summed E-state index contributed by atoms with van der Waals surface area (Å²) in [5.74, 6) is 0.196. The molecular weight excluding hydrogens is 392 g/mol. The van der Waals surface area contributed by atoms with E-state index in [1.165, 1.54) is 7.11 Å². The summed E-state index contributed by atoms with van der Waals surface area (Å²) in [6.07, 6.45) is 0. The van der Waals surface area contributed by atoms with Gasteiger partial charge in [0.2, 0.25) is 25.5 Å². The third kappa shape index (κ3) is 3.34. The van der Waals surface area contributed by atoms with E-state index in [0.717, 1.165) is 5.56 Å². The molecule has 0 amide bonds. The van der Waals surface area contributed by atoms with Gasteiger partial charge in [0.1, 0.15) is 5.75 Å². The molecule has 0 N–H and O–H groups in total. The third-order valence-electron chi connectivity index (χ3n) is 6.58. The van der Waals surface area contributed by atoms with Crippen LogP contribution < -0.4 is 4.43 Å². The van der Waals surface area contributed by atoms with Gasteiger partial charge in [-0.25, -0.2) is 0 Å². The van der Waals surface area contributed by atoms with Crippen LogP contribution in [0.1, 0.15) is 72.4 Å². The van der Waals surface area contributed by atoms with E-state index in [1.807, 2.05) is 18.2 Å².